The van der Waals surface area contributed by atoms with Gasteiger partial charge < -0.3 is 0 Å². The lowest BCUT2D eigenvalue weighted by molar-refractivity contribution is 0.502. The zero-order valence-corrected chi connectivity index (χ0v) is 6.12. The van der Waals surface area contributed by atoms with Gasteiger partial charge in [-0.1, -0.05) is 19.1 Å². The van der Waals surface area contributed by atoms with Gasteiger partial charge in [0.05, 0.1) is 5.70 Å². The van der Waals surface area contributed by atoms with Crippen LogP contribution in [0.5, 0.6) is 0 Å². The molecule has 2 nitrogen and oxygen atoms in total. The van der Waals surface area contributed by atoms with E-state index in [4.69, 9.17) is 5.84 Å². The van der Waals surface area contributed by atoms with Gasteiger partial charge in [0.2, 0.25) is 0 Å². The van der Waals surface area contributed by atoms with Crippen molar-refractivity contribution in [3.8, 4) is 0 Å². The van der Waals surface area contributed by atoms with Gasteiger partial charge in [0.1, 0.15) is 0 Å². The fraction of sp³-hybridized carbons (Fsp3) is 0.250. The lowest BCUT2D eigenvalue weighted by atomic mass is 10.2. The van der Waals surface area contributed by atoms with Crippen LogP contribution in [0, 0.1) is 0 Å². The van der Waals surface area contributed by atoms with Crippen molar-refractivity contribution in [1.82, 2.24) is 5.01 Å². The first kappa shape index (κ1) is 7.09. The number of nitrogens with two attached hydrogens (primary N) is 1. The molecule has 54 valence electrons. The maximum atomic E-state index is 5.59. The quantitative estimate of drug-likeness (QED) is 0.554. The van der Waals surface area contributed by atoms with Crippen molar-refractivity contribution in [1.29, 1.82) is 0 Å². The van der Waals surface area contributed by atoms with Crippen LogP contribution in [0.2, 0.25) is 0 Å². The van der Waals surface area contributed by atoms with Crippen LogP contribution in [-0.4, -0.2) is 5.01 Å². The topological polar surface area (TPSA) is 29.3 Å². The molecular weight excluding hydrogens is 124 g/mol. The van der Waals surface area contributed by atoms with Gasteiger partial charge in [0, 0.05) is 6.20 Å². The fourth-order valence-corrected chi connectivity index (χ4v) is 0.851. The van der Waals surface area contributed by atoms with E-state index in [0.717, 1.165) is 12.1 Å². The summed E-state index contributed by atoms with van der Waals surface area (Å²) >= 11 is 0. The van der Waals surface area contributed by atoms with Crippen molar-refractivity contribution in [2.75, 3.05) is 0 Å². The van der Waals surface area contributed by atoms with E-state index in [-0.39, 0.29) is 0 Å². The summed E-state index contributed by atoms with van der Waals surface area (Å²) in [5.74, 6) is 5.59. The molecule has 0 aliphatic carbocycles. The average molecular weight is 136 g/mol. The number of rotatable bonds is 1. The number of nitrogens with zero attached hydrogens (tertiary/aromatic N) is 1. The summed E-state index contributed by atoms with van der Waals surface area (Å²) in [7, 11) is 0. The predicted octanol–water partition coefficient (Wildman–Crippen LogP) is 1.54. The Morgan fingerprint density at radius 3 is 3.00 bits per heavy atom. The second-order valence-corrected chi connectivity index (χ2v) is 2.15. The predicted molar refractivity (Wildman–Crippen MR) is 42.7 cm³/mol. The summed E-state index contributed by atoms with van der Waals surface area (Å²) in [6.45, 7) is 2.09. The van der Waals surface area contributed by atoms with Crippen LogP contribution < -0.4 is 5.84 Å². The molecule has 10 heavy (non-hydrogen) atoms. The van der Waals surface area contributed by atoms with E-state index in [9.17, 15) is 0 Å². The van der Waals surface area contributed by atoms with Gasteiger partial charge in [-0.2, -0.15) is 0 Å². The standard InChI is InChI=1S/C8H12N2/c1-2-5-8-6-3-4-7-10(8)9/h3-7H,2,9H2,1H3/b8-5-. The molecule has 0 aromatic heterocycles. The maximum Gasteiger partial charge on any atom is 0.0528 e. The summed E-state index contributed by atoms with van der Waals surface area (Å²) in [4.78, 5) is 0. The zero-order chi connectivity index (χ0) is 7.40. The minimum absolute atomic E-state index is 1.02. The number of hydrogen-bond acceptors (Lipinski definition) is 2. The van der Waals surface area contributed by atoms with E-state index in [1.165, 1.54) is 0 Å². The Kier molecular flexibility index (Phi) is 2.29. The Hall–Kier alpha value is -1.02. The molecule has 0 atom stereocenters. The zero-order valence-electron chi connectivity index (χ0n) is 6.12. The molecule has 1 aliphatic heterocycles. The highest BCUT2D eigenvalue weighted by atomic mass is 15.4. The molecule has 0 fully saturated rings. The van der Waals surface area contributed by atoms with Crippen molar-refractivity contribution < 1.29 is 0 Å². The van der Waals surface area contributed by atoms with E-state index in [1.807, 2.05) is 24.4 Å². The average Bonchev–Trinajstić information content (AvgIpc) is 1.94. The normalized spacial score (nSPS) is 20.6. The molecule has 0 bridgehead atoms. The van der Waals surface area contributed by atoms with Gasteiger partial charge in [-0.25, -0.2) is 5.84 Å². The van der Waals surface area contributed by atoms with Crippen LogP contribution in [0.4, 0.5) is 0 Å². The second-order valence-electron chi connectivity index (χ2n) is 2.15. The summed E-state index contributed by atoms with van der Waals surface area (Å²) in [6.07, 6.45) is 10.8. The minimum atomic E-state index is 1.02. The lowest BCUT2D eigenvalue weighted by Crippen LogP contribution is -2.24. The molecule has 0 saturated carbocycles. The largest absolute Gasteiger partial charge is 0.287 e. The van der Waals surface area contributed by atoms with Gasteiger partial charge in [-0.3, -0.25) is 5.01 Å². The summed E-state index contributed by atoms with van der Waals surface area (Å²) in [5, 5.41) is 1.61. The molecule has 0 amide bonds. The van der Waals surface area contributed by atoms with E-state index in [0.29, 0.717) is 0 Å². The molecule has 0 radical (unpaired) electrons. The minimum Gasteiger partial charge on any atom is -0.287 e. The molecule has 1 aliphatic rings. The molecule has 2 heteroatoms. The van der Waals surface area contributed by atoms with Gasteiger partial charge in [-0.15, -0.1) is 0 Å². The lowest BCUT2D eigenvalue weighted by Gasteiger charge is -2.16. The third kappa shape index (κ3) is 1.48. The molecule has 0 unspecified atom stereocenters. The van der Waals surface area contributed by atoms with Gasteiger partial charge >= 0.3 is 0 Å². The summed E-state index contributed by atoms with van der Waals surface area (Å²) < 4.78 is 0. The van der Waals surface area contributed by atoms with E-state index < -0.39 is 0 Å². The first-order valence-corrected chi connectivity index (χ1v) is 3.43. The fourth-order valence-electron chi connectivity index (χ4n) is 0.851. The van der Waals surface area contributed by atoms with Crippen LogP contribution in [0.3, 0.4) is 0 Å². The second kappa shape index (κ2) is 3.22. The molecule has 0 aromatic rings. The monoisotopic (exact) mass is 136 g/mol. The summed E-state index contributed by atoms with van der Waals surface area (Å²) in [6, 6.07) is 0. The molecule has 0 saturated heterocycles. The van der Waals surface area contributed by atoms with Crippen LogP contribution in [-0.2, 0) is 0 Å². The first-order valence-electron chi connectivity index (χ1n) is 3.43. The smallest absolute Gasteiger partial charge is 0.0528 e. The van der Waals surface area contributed by atoms with Crippen LogP contribution in [0.1, 0.15) is 13.3 Å². The number of hydrazine groups is 1. The van der Waals surface area contributed by atoms with Crippen molar-refractivity contribution in [2.24, 2.45) is 5.84 Å². The van der Waals surface area contributed by atoms with Gasteiger partial charge in [0.15, 0.2) is 0 Å². The SMILES string of the molecule is CC/C=C1/C=CC=CN1N. The molecule has 1 heterocycles. The highest BCUT2D eigenvalue weighted by molar-refractivity contribution is 5.26. The first-order chi connectivity index (χ1) is 4.84. The number of allylic oxidation sites excluding steroid dienone is 4. The molecular formula is C8H12N2. The van der Waals surface area contributed by atoms with Crippen molar-refractivity contribution >= 4 is 0 Å². The van der Waals surface area contributed by atoms with Crippen molar-refractivity contribution in [3.05, 3.63) is 36.2 Å². The Labute approximate surface area is 61.3 Å². The van der Waals surface area contributed by atoms with Crippen LogP contribution in [0.25, 0.3) is 0 Å². The van der Waals surface area contributed by atoms with E-state index in [1.54, 1.807) is 5.01 Å². The molecule has 0 aromatic carbocycles. The van der Waals surface area contributed by atoms with Crippen molar-refractivity contribution in [2.45, 2.75) is 13.3 Å². The maximum absolute atomic E-state index is 5.59. The van der Waals surface area contributed by atoms with Crippen LogP contribution in [0.15, 0.2) is 36.2 Å². The Morgan fingerprint density at radius 1 is 1.60 bits per heavy atom. The van der Waals surface area contributed by atoms with Crippen LogP contribution >= 0.6 is 0 Å². The third-order valence-corrected chi connectivity index (χ3v) is 1.34. The number of hydrogen-bond donors (Lipinski definition) is 1. The molecule has 0 spiro atoms. The summed E-state index contributed by atoms with van der Waals surface area (Å²) in [5.41, 5.74) is 1.06. The third-order valence-electron chi connectivity index (χ3n) is 1.34. The van der Waals surface area contributed by atoms with Gasteiger partial charge in [-0.05, 0) is 18.6 Å². The molecule has 1 rings (SSSR count). The Balaban J connectivity index is 2.70. The Morgan fingerprint density at radius 2 is 2.40 bits per heavy atom. The van der Waals surface area contributed by atoms with E-state index >= 15 is 0 Å². The van der Waals surface area contributed by atoms with E-state index in [2.05, 4.69) is 13.0 Å². The Bertz CT molecular complexity index is 189. The highest BCUT2D eigenvalue weighted by Crippen LogP contribution is 2.07. The highest BCUT2D eigenvalue weighted by Gasteiger charge is 1.98. The van der Waals surface area contributed by atoms with Crippen molar-refractivity contribution in [3.63, 3.8) is 0 Å². The molecule has 2 N–H and O–H groups in total. The van der Waals surface area contributed by atoms with Gasteiger partial charge in [0.25, 0.3) is 0 Å².